The molecule has 48 heavy (non-hydrogen) atoms. The van der Waals surface area contributed by atoms with Crippen LogP contribution in [-0.2, 0) is 27.5 Å². The molecule has 4 heterocycles. The maximum absolute atomic E-state index is 5.04. The Morgan fingerprint density at radius 3 is 2.08 bits per heavy atom. The summed E-state index contributed by atoms with van der Waals surface area (Å²) < 4.78 is 6.47. The van der Waals surface area contributed by atoms with E-state index in [-0.39, 0.29) is 21.1 Å². The molecule has 0 unspecified atom stereocenters. The molecule has 0 spiro atoms. The summed E-state index contributed by atoms with van der Waals surface area (Å²) in [6, 6.07) is 47.5. The summed E-state index contributed by atoms with van der Waals surface area (Å²) >= 11 is 0. The fraction of sp³-hybridized carbons (Fsp3) is 0.0976. The number of pyridine rings is 1. The Morgan fingerprint density at radius 2 is 1.35 bits per heavy atom. The van der Waals surface area contributed by atoms with Crippen molar-refractivity contribution in [1.82, 2.24) is 28.9 Å². The number of para-hydroxylation sites is 3. The molecule has 0 amide bonds. The van der Waals surface area contributed by atoms with Gasteiger partial charge >= 0.3 is 21.1 Å². The zero-order valence-electron chi connectivity index (χ0n) is 26.5. The molecule has 9 rings (SSSR count). The van der Waals surface area contributed by atoms with Crippen molar-refractivity contribution in [3.8, 4) is 28.6 Å². The van der Waals surface area contributed by atoms with E-state index in [1.165, 1.54) is 10.8 Å². The fourth-order valence-corrected chi connectivity index (χ4v) is 6.85. The van der Waals surface area contributed by atoms with E-state index in [4.69, 9.17) is 15.1 Å². The number of rotatable bonds is 6. The van der Waals surface area contributed by atoms with Gasteiger partial charge in [0.1, 0.15) is 11.6 Å². The molecule has 0 saturated heterocycles. The predicted octanol–water partition coefficient (Wildman–Crippen LogP) is 9.38. The second-order valence-electron chi connectivity index (χ2n) is 11.9. The van der Waals surface area contributed by atoms with E-state index in [1.54, 1.807) is 0 Å². The molecule has 0 fully saturated rings. The van der Waals surface area contributed by atoms with Crippen LogP contribution in [-0.4, -0.2) is 28.9 Å². The molecule has 5 aromatic carbocycles. The molecule has 0 saturated carbocycles. The molecule has 0 atom stereocenters. The number of nitrogens with zero attached hydrogens (tertiary/aromatic N) is 6. The van der Waals surface area contributed by atoms with Crippen LogP contribution >= 0.6 is 0 Å². The van der Waals surface area contributed by atoms with Crippen molar-refractivity contribution >= 4 is 43.6 Å². The predicted molar refractivity (Wildman–Crippen MR) is 190 cm³/mol. The number of fused-ring (bicyclic) bond motifs is 6. The smallest absolute Gasteiger partial charge is 0.352 e. The molecule has 0 aliphatic rings. The van der Waals surface area contributed by atoms with Gasteiger partial charge in [0.25, 0.3) is 0 Å². The molecule has 0 aliphatic carbocycles. The third-order valence-corrected chi connectivity index (χ3v) is 8.98. The van der Waals surface area contributed by atoms with E-state index in [0.29, 0.717) is 5.82 Å². The summed E-state index contributed by atoms with van der Waals surface area (Å²) in [4.78, 5) is 9.77. The zero-order valence-corrected chi connectivity index (χ0v) is 28.7. The summed E-state index contributed by atoms with van der Waals surface area (Å²) in [5.74, 6) is 2.48. The van der Waals surface area contributed by atoms with Gasteiger partial charge in [-0.1, -0.05) is 78.6 Å². The van der Waals surface area contributed by atoms with E-state index >= 15 is 0 Å². The first-order chi connectivity index (χ1) is 23.2. The van der Waals surface area contributed by atoms with Gasteiger partial charge < -0.3 is 9.13 Å². The molecular formula is C41H30N6Pt. The zero-order chi connectivity index (χ0) is 31.5. The average molecular weight is 802 g/mol. The van der Waals surface area contributed by atoms with Gasteiger partial charge in [-0.25, -0.2) is 9.67 Å². The summed E-state index contributed by atoms with van der Waals surface area (Å²) in [6.07, 6.45) is 3.66. The largest absolute Gasteiger partial charge is 2.00 e. The van der Waals surface area contributed by atoms with Crippen molar-refractivity contribution in [3.05, 3.63) is 145 Å². The van der Waals surface area contributed by atoms with Crippen molar-refractivity contribution in [2.24, 2.45) is 0 Å². The quantitative estimate of drug-likeness (QED) is 0.158. The Bertz CT molecular complexity index is 2610. The van der Waals surface area contributed by atoms with Gasteiger partial charge in [0.05, 0.1) is 11.5 Å². The van der Waals surface area contributed by atoms with Crippen LogP contribution in [0.5, 0.6) is 0 Å². The van der Waals surface area contributed by atoms with Gasteiger partial charge in [0, 0.05) is 23.7 Å². The van der Waals surface area contributed by atoms with Crippen molar-refractivity contribution in [1.29, 1.82) is 0 Å². The van der Waals surface area contributed by atoms with Crippen LogP contribution < -0.4 is 0 Å². The first-order valence-electron chi connectivity index (χ1n) is 16.0. The second-order valence-corrected chi connectivity index (χ2v) is 11.9. The molecule has 4 aromatic heterocycles. The van der Waals surface area contributed by atoms with Crippen LogP contribution in [0.4, 0.5) is 0 Å². The van der Waals surface area contributed by atoms with Crippen LogP contribution in [0.3, 0.4) is 0 Å². The summed E-state index contributed by atoms with van der Waals surface area (Å²) in [7, 11) is 0. The number of aromatic nitrogens is 6. The normalized spacial score (nSPS) is 11.5. The minimum Gasteiger partial charge on any atom is -0.352 e. The van der Waals surface area contributed by atoms with Crippen LogP contribution in [0, 0.1) is 19.1 Å². The summed E-state index contributed by atoms with van der Waals surface area (Å²) in [5.41, 5.74) is 8.14. The summed E-state index contributed by atoms with van der Waals surface area (Å²) in [6.45, 7) is 4.29. The molecule has 234 valence electrons. The van der Waals surface area contributed by atoms with Crippen LogP contribution in [0.25, 0.3) is 72.2 Å². The number of hydrogen-bond acceptors (Lipinski definition) is 3. The van der Waals surface area contributed by atoms with Crippen LogP contribution in [0.2, 0.25) is 0 Å². The number of hydrogen-bond donors (Lipinski definition) is 0. The Kier molecular flexibility index (Phi) is 7.54. The van der Waals surface area contributed by atoms with Crippen molar-refractivity contribution in [2.45, 2.75) is 26.7 Å². The Labute approximate surface area is 292 Å². The van der Waals surface area contributed by atoms with Crippen molar-refractivity contribution < 1.29 is 21.1 Å². The summed E-state index contributed by atoms with van der Waals surface area (Å²) in [5, 5.41) is 9.67. The van der Waals surface area contributed by atoms with Gasteiger partial charge in [-0.15, -0.1) is 46.7 Å². The number of benzene rings is 5. The van der Waals surface area contributed by atoms with E-state index in [9.17, 15) is 0 Å². The molecule has 0 aliphatic heterocycles. The molecule has 7 heteroatoms. The maximum atomic E-state index is 5.04. The molecule has 6 nitrogen and oxygen atoms in total. The fourth-order valence-electron chi connectivity index (χ4n) is 6.85. The average Bonchev–Trinajstić information content (AvgIpc) is 3.78. The van der Waals surface area contributed by atoms with Gasteiger partial charge in [-0.3, -0.25) is 4.98 Å². The van der Waals surface area contributed by atoms with Crippen molar-refractivity contribution in [3.63, 3.8) is 0 Å². The Hall–Kier alpha value is -5.32. The van der Waals surface area contributed by atoms with Gasteiger partial charge in [0.2, 0.25) is 0 Å². The number of aryl methyl sites for hydroxylation is 2. The Balaban J connectivity index is 0.00000336. The van der Waals surface area contributed by atoms with E-state index < -0.39 is 0 Å². The third-order valence-electron chi connectivity index (χ3n) is 8.98. The molecule has 9 aromatic rings. The molecule has 0 radical (unpaired) electrons. The SMILES string of the molecule is CCCc1nc(-c2[c-]c(-n3c4[c-]c5c(cc4c4ccccc43)c3ccccc3n5-c3ccccn3)ccc2)nn1-c1ccccc1C.[Pt+2]. The van der Waals surface area contributed by atoms with E-state index in [1.807, 2.05) is 35.1 Å². The van der Waals surface area contributed by atoms with Crippen LogP contribution in [0.1, 0.15) is 24.7 Å². The minimum absolute atomic E-state index is 0. The monoisotopic (exact) mass is 801 g/mol. The molecular weight excluding hydrogens is 772 g/mol. The van der Waals surface area contributed by atoms with Gasteiger partial charge in [0.15, 0.2) is 0 Å². The maximum Gasteiger partial charge on any atom is 2.00 e. The minimum atomic E-state index is 0. The van der Waals surface area contributed by atoms with E-state index in [0.717, 1.165) is 79.8 Å². The first-order valence-corrected chi connectivity index (χ1v) is 16.0. The van der Waals surface area contributed by atoms with Crippen LogP contribution in [0.15, 0.2) is 121 Å². The Morgan fingerprint density at radius 1 is 0.667 bits per heavy atom. The van der Waals surface area contributed by atoms with Crippen molar-refractivity contribution in [2.75, 3.05) is 0 Å². The first kappa shape index (κ1) is 30.0. The second kappa shape index (κ2) is 12.0. The third kappa shape index (κ3) is 4.70. The van der Waals surface area contributed by atoms with E-state index in [2.05, 4.69) is 126 Å². The topological polar surface area (TPSA) is 53.5 Å². The molecule has 0 bridgehead atoms. The van der Waals surface area contributed by atoms with Gasteiger partial charge in [-0.05, 0) is 65.7 Å². The molecule has 0 N–H and O–H groups in total. The standard InChI is InChI=1S/C41H30N6.Pt/c1-3-13-40-43-41(44-47(40)34-19-7-4-14-27(34)2)28-15-12-16-29(24-28)45-35-20-8-5-17-30(35)32-25-33-31-18-6-9-21-36(31)46(38(33)26-37(32)45)39-22-10-11-23-42-39;/h4-12,14-23,25H,3,13H2,1-2H3;/q-2;+2. The van der Waals surface area contributed by atoms with Gasteiger partial charge in [-0.2, -0.15) is 11.2 Å².